The van der Waals surface area contributed by atoms with Crippen LogP contribution in [0.25, 0.3) is 0 Å². The van der Waals surface area contributed by atoms with E-state index in [2.05, 4.69) is 14.9 Å². The Kier molecular flexibility index (Phi) is 2.97. The van der Waals surface area contributed by atoms with Crippen LogP contribution in [0.4, 0.5) is 11.5 Å². The van der Waals surface area contributed by atoms with E-state index in [1.807, 2.05) is 6.92 Å². The second kappa shape index (κ2) is 4.63. The third-order valence-corrected chi connectivity index (χ3v) is 3.52. The van der Waals surface area contributed by atoms with E-state index in [1.54, 1.807) is 6.33 Å². The molecule has 2 aliphatic rings. The van der Waals surface area contributed by atoms with Crippen molar-refractivity contribution in [1.29, 1.82) is 0 Å². The quantitative estimate of drug-likeness (QED) is 0.832. The Labute approximate surface area is 107 Å². The molecule has 3 rings (SSSR count). The highest BCUT2D eigenvalue weighted by Crippen LogP contribution is 2.40. The molecule has 1 heterocycles. The molecule has 0 saturated heterocycles. The molecule has 0 spiro atoms. The minimum absolute atomic E-state index is 0.518. The number of nitrogen functional groups attached to an aromatic ring is 1. The molecular formula is C13H20N4O. The summed E-state index contributed by atoms with van der Waals surface area (Å²) in [7, 11) is 0. The third-order valence-electron chi connectivity index (χ3n) is 3.52. The van der Waals surface area contributed by atoms with Crippen LogP contribution in [0.1, 0.15) is 32.6 Å². The smallest absolute Gasteiger partial charge is 0.242 e. The molecule has 0 radical (unpaired) electrons. The van der Waals surface area contributed by atoms with Crippen molar-refractivity contribution in [1.82, 2.24) is 9.97 Å². The van der Waals surface area contributed by atoms with Gasteiger partial charge in [0.2, 0.25) is 5.88 Å². The van der Waals surface area contributed by atoms with Crippen molar-refractivity contribution in [2.45, 2.75) is 38.6 Å². The lowest BCUT2D eigenvalue weighted by atomic mass is 10.3. The predicted molar refractivity (Wildman–Crippen MR) is 70.7 cm³/mol. The van der Waals surface area contributed by atoms with Crippen molar-refractivity contribution in [2.75, 3.05) is 23.8 Å². The number of anilines is 2. The third kappa shape index (κ3) is 2.35. The van der Waals surface area contributed by atoms with Gasteiger partial charge in [-0.15, -0.1) is 0 Å². The Morgan fingerprint density at radius 2 is 2.11 bits per heavy atom. The van der Waals surface area contributed by atoms with Gasteiger partial charge in [0.1, 0.15) is 12.0 Å². The number of nitrogens with zero attached hydrogens (tertiary/aromatic N) is 3. The molecule has 5 nitrogen and oxygen atoms in total. The van der Waals surface area contributed by atoms with Crippen LogP contribution in [0.2, 0.25) is 0 Å². The zero-order valence-electron chi connectivity index (χ0n) is 10.8. The average molecular weight is 248 g/mol. The van der Waals surface area contributed by atoms with Crippen LogP contribution >= 0.6 is 0 Å². The molecule has 0 atom stereocenters. The molecule has 2 fully saturated rings. The number of hydrogen-bond acceptors (Lipinski definition) is 5. The highest BCUT2D eigenvalue weighted by Gasteiger charge is 2.35. The van der Waals surface area contributed by atoms with Gasteiger partial charge in [-0.3, -0.25) is 0 Å². The van der Waals surface area contributed by atoms with Crippen molar-refractivity contribution in [2.24, 2.45) is 5.92 Å². The summed E-state index contributed by atoms with van der Waals surface area (Å²) >= 11 is 0. The lowest BCUT2D eigenvalue weighted by Gasteiger charge is -2.25. The molecule has 1 aromatic rings. The normalized spacial score (nSPS) is 18.7. The molecule has 18 heavy (non-hydrogen) atoms. The molecule has 2 N–H and O–H groups in total. The topological polar surface area (TPSA) is 64.3 Å². The number of nitrogens with two attached hydrogens (primary N) is 1. The van der Waals surface area contributed by atoms with E-state index in [1.165, 1.54) is 25.7 Å². The lowest BCUT2D eigenvalue weighted by Crippen LogP contribution is -2.30. The first-order chi connectivity index (χ1) is 8.79. The zero-order chi connectivity index (χ0) is 12.5. The predicted octanol–water partition coefficient (Wildman–Crippen LogP) is 1.84. The van der Waals surface area contributed by atoms with Gasteiger partial charge in [-0.1, -0.05) is 0 Å². The minimum Gasteiger partial charge on any atom is -0.476 e. The van der Waals surface area contributed by atoms with E-state index < -0.39 is 0 Å². The molecule has 0 bridgehead atoms. The highest BCUT2D eigenvalue weighted by molar-refractivity contribution is 5.68. The SMILES string of the molecule is CCOc1ncnc(N(CC2CC2)C2CC2)c1N. The van der Waals surface area contributed by atoms with Gasteiger partial charge in [-0.25, -0.2) is 4.98 Å². The number of aromatic nitrogens is 2. The second-order valence-corrected chi connectivity index (χ2v) is 5.18. The van der Waals surface area contributed by atoms with Gasteiger partial charge >= 0.3 is 0 Å². The minimum atomic E-state index is 0.518. The summed E-state index contributed by atoms with van der Waals surface area (Å²) < 4.78 is 5.45. The summed E-state index contributed by atoms with van der Waals surface area (Å²) in [6.07, 6.45) is 6.73. The van der Waals surface area contributed by atoms with Gasteiger partial charge < -0.3 is 15.4 Å². The Morgan fingerprint density at radius 1 is 1.33 bits per heavy atom. The van der Waals surface area contributed by atoms with Crippen LogP contribution in [0.15, 0.2) is 6.33 Å². The molecule has 98 valence electrons. The van der Waals surface area contributed by atoms with Gasteiger partial charge in [0, 0.05) is 12.6 Å². The van der Waals surface area contributed by atoms with Crippen LogP contribution in [0.3, 0.4) is 0 Å². The van der Waals surface area contributed by atoms with Gasteiger partial charge in [0.25, 0.3) is 0 Å². The second-order valence-electron chi connectivity index (χ2n) is 5.18. The molecule has 0 amide bonds. The monoisotopic (exact) mass is 248 g/mol. The first kappa shape index (κ1) is 11.6. The fraction of sp³-hybridized carbons (Fsp3) is 0.692. The Hall–Kier alpha value is -1.52. The van der Waals surface area contributed by atoms with Crippen LogP contribution in [-0.4, -0.2) is 29.2 Å². The maximum atomic E-state index is 6.14. The Balaban J connectivity index is 1.85. The van der Waals surface area contributed by atoms with E-state index >= 15 is 0 Å². The standard InChI is InChI=1S/C13H20N4O/c1-2-18-13-11(14)12(15-8-16-13)17(10-5-6-10)7-9-3-4-9/h8-10H,2-7,14H2,1H3. The summed E-state index contributed by atoms with van der Waals surface area (Å²) in [6, 6.07) is 0.622. The van der Waals surface area contributed by atoms with E-state index in [9.17, 15) is 0 Å². The van der Waals surface area contributed by atoms with E-state index in [0.717, 1.165) is 18.3 Å². The summed E-state index contributed by atoms with van der Waals surface area (Å²) in [4.78, 5) is 10.8. The summed E-state index contributed by atoms with van der Waals surface area (Å²) in [5.41, 5.74) is 6.73. The van der Waals surface area contributed by atoms with Crippen molar-refractivity contribution >= 4 is 11.5 Å². The van der Waals surface area contributed by atoms with E-state index in [4.69, 9.17) is 10.5 Å². The van der Waals surface area contributed by atoms with Gasteiger partial charge in [0.05, 0.1) is 6.61 Å². The van der Waals surface area contributed by atoms with E-state index in [0.29, 0.717) is 24.2 Å². The number of rotatable bonds is 6. The average Bonchev–Trinajstić information content (AvgIpc) is 3.24. The highest BCUT2D eigenvalue weighted by atomic mass is 16.5. The van der Waals surface area contributed by atoms with Gasteiger partial charge in [-0.2, -0.15) is 4.98 Å². The Morgan fingerprint density at radius 3 is 2.72 bits per heavy atom. The maximum Gasteiger partial charge on any atom is 0.242 e. The lowest BCUT2D eigenvalue weighted by molar-refractivity contribution is 0.328. The number of ether oxygens (including phenoxy) is 1. The molecule has 5 heteroatoms. The molecule has 0 unspecified atom stereocenters. The number of hydrogen-bond donors (Lipinski definition) is 1. The summed E-state index contributed by atoms with van der Waals surface area (Å²) in [5, 5.41) is 0. The fourth-order valence-corrected chi connectivity index (χ4v) is 2.22. The van der Waals surface area contributed by atoms with Crippen LogP contribution < -0.4 is 15.4 Å². The Bertz CT molecular complexity index is 429. The molecule has 0 aliphatic heterocycles. The summed E-state index contributed by atoms with van der Waals surface area (Å²) in [5.74, 6) is 2.21. The van der Waals surface area contributed by atoms with Crippen LogP contribution in [-0.2, 0) is 0 Å². The van der Waals surface area contributed by atoms with Crippen molar-refractivity contribution < 1.29 is 4.74 Å². The molecule has 0 aromatic carbocycles. The first-order valence-corrected chi connectivity index (χ1v) is 6.79. The summed E-state index contributed by atoms with van der Waals surface area (Å²) in [6.45, 7) is 3.59. The van der Waals surface area contributed by atoms with Crippen molar-refractivity contribution in [3.63, 3.8) is 0 Å². The molecule has 2 saturated carbocycles. The van der Waals surface area contributed by atoms with E-state index in [-0.39, 0.29) is 0 Å². The zero-order valence-corrected chi connectivity index (χ0v) is 10.8. The largest absolute Gasteiger partial charge is 0.476 e. The van der Waals surface area contributed by atoms with Crippen LogP contribution in [0, 0.1) is 5.92 Å². The fourth-order valence-electron chi connectivity index (χ4n) is 2.22. The first-order valence-electron chi connectivity index (χ1n) is 6.79. The van der Waals surface area contributed by atoms with Gasteiger partial charge in [-0.05, 0) is 38.5 Å². The molecule has 1 aromatic heterocycles. The maximum absolute atomic E-state index is 6.14. The van der Waals surface area contributed by atoms with Crippen molar-refractivity contribution in [3.05, 3.63) is 6.33 Å². The van der Waals surface area contributed by atoms with Gasteiger partial charge in [0.15, 0.2) is 5.82 Å². The van der Waals surface area contributed by atoms with Crippen LogP contribution in [0.5, 0.6) is 5.88 Å². The molecule has 2 aliphatic carbocycles. The van der Waals surface area contributed by atoms with Crippen molar-refractivity contribution in [3.8, 4) is 5.88 Å². The molecular weight excluding hydrogens is 228 g/mol.